The third-order valence-corrected chi connectivity index (χ3v) is 5.56. The van der Waals surface area contributed by atoms with Crippen molar-refractivity contribution in [2.75, 3.05) is 11.9 Å². The molecule has 0 aliphatic carbocycles. The molecule has 1 atom stereocenters. The fourth-order valence-electron chi connectivity index (χ4n) is 3.82. The van der Waals surface area contributed by atoms with Gasteiger partial charge in [0.2, 0.25) is 11.8 Å². The van der Waals surface area contributed by atoms with Crippen LogP contribution in [0.25, 0.3) is 11.0 Å². The molecule has 8 heteroatoms. The van der Waals surface area contributed by atoms with E-state index in [1.54, 1.807) is 24.3 Å². The van der Waals surface area contributed by atoms with Crippen LogP contribution >= 0.6 is 0 Å². The van der Waals surface area contributed by atoms with Crippen LogP contribution < -0.4 is 16.0 Å². The zero-order valence-electron chi connectivity index (χ0n) is 17.8. The number of hydrogen-bond acceptors (Lipinski definition) is 4. The van der Waals surface area contributed by atoms with Gasteiger partial charge in [-0.2, -0.15) is 0 Å². The van der Waals surface area contributed by atoms with Crippen molar-refractivity contribution < 1.29 is 14.4 Å². The Morgan fingerprint density at radius 1 is 1.00 bits per heavy atom. The van der Waals surface area contributed by atoms with Gasteiger partial charge in [-0.25, -0.2) is 4.98 Å². The molecule has 1 aliphatic heterocycles. The number of aromatic nitrogens is 2. The summed E-state index contributed by atoms with van der Waals surface area (Å²) < 4.78 is 0. The maximum Gasteiger partial charge on any atom is 0.254 e. The molecule has 32 heavy (non-hydrogen) atoms. The Labute approximate surface area is 186 Å². The fourth-order valence-corrected chi connectivity index (χ4v) is 3.82. The summed E-state index contributed by atoms with van der Waals surface area (Å²) >= 11 is 0. The lowest BCUT2D eigenvalue weighted by atomic mass is 10.1. The van der Waals surface area contributed by atoms with Gasteiger partial charge >= 0.3 is 0 Å². The van der Waals surface area contributed by atoms with E-state index in [-0.39, 0.29) is 30.6 Å². The molecule has 0 fully saturated rings. The number of nitrogens with one attached hydrogen (secondary N) is 4. The Hall–Kier alpha value is -3.68. The van der Waals surface area contributed by atoms with Crippen molar-refractivity contribution in [1.82, 2.24) is 20.6 Å². The zero-order chi connectivity index (χ0) is 22.3. The number of amides is 3. The molecule has 166 valence electrons. The SMILES string of the molecule is O=C(CC[C@H]1NC(=O)c2ccccc2NC1=O)NCCCCCc1nc2ccccc2[nH]1. The molecule has 4 rings (SSSR count). The molecule has 0 unspecified atom stereocenters. The molecule has 8 nitrogen and oxygen atoms in total. The van der Waals surface area contributed by atoms with Crippen molar-refractivity contribution in [2.45, 2.75) is 44.6 Å². The first-order valence-electron chi connectivity index (χ1n) is 11.0. The highest BCUT2D eigenvalue weighted by atomic mass is 16.2. The number of benzene rings is 2. The summed E-state index contributed by atoms with van der Waals surface area (Å²) in [4.78, 5) is 44.8. The molecule has 0 radical (unpaired) electrons. The van der Waals surface area contributed by atoms with Gasteiger partial charge in [0.15, 0.2) is 0 Å². The summed E-state index contributed by atoms with van der Waals surface area (Å²) in [6, 6.07) is 14.1. The number of para-hydroxylation sites is 3. The summed E-state index contributed by atoms with van der Waals surface area (Å²) in [7, 11) is 0. The second kappa shape index (κ2) is 10.1. The molecule has 1 aromatic heterocycles. The van der Waals surface area contributed by atoms with E-state index >= 15 is 0 Å². The number of nitrogens with zero attached hydrogens (tertiary/aromatic N) is 1. The monoisotopic (exact) mass is 433 g/mol. The van der Waals surface area contributed by atoms with E-state index in [1.165, 1.54) is 0 Å². The number of unbranched alkanes of at least 4 members (excludes halogenated alkanes) is 2. The maximum absolute atomic E-state index is 12.4. The van der Waals surface area contributed by atoms with Crippen LogP contribution in [0, 0.1) is 0 Å². The van der Waals surface area contributed by atoms with Crippen LogP contribution in [-0.4, -0.2) is 40.3 Å². The second-order valence-corrected chi connectivity index (χ2v) is 7.96. The highest BCUT2D eigenvalue weighted by Gasteiger charge is 2.27. The number of H-pyrrole nitrogens is 1. The smallest absolute Gasteiger partial charge is 0.254 e. The van der Waals surface area contributed by atoms with Crippen molar-refractivity contribution in [2.24, 2.45) is 0 Å². The van der Waals surface area contributed by atoms with Gasteiger partial charge in [0, 0.05) is 19.4 Å². The van der Waals surface area contributed by atoms with E-state index in [9.17, 15) is 14.4 Å². The second-order valence-electron chi connectivity index (χ2n) is 7.96. The maximum atomic E-state index is 12.4. The van der Waals surface area contributed by atoms with Crippen molar-refractivity contribution in [3.63, 3.8) is 0 Å². The predicted octanol–water partition coefficient (Wildman–Crippen LogP) is 2.92. The Morgan fingerprint density at radius 3 is 2.69 bits per heavy atom. The van der Waals surface area contributed by atoms with Gasteiger partial charge in [-0.05, 0) is 43.5 Å². The number of anilines is 1. The van der Waals surface area contributed by atoms with Crippen LogP contribution in [0.3, 0.4) is 0 Å². The molecule has 4 N–H and O–H groups in total. The summed E-state index contributed by atoms with van der Waals surface area (Å²) in [5, 5.41) is 8.36. The van der Waals surface area contributed by atoms with Crippen molar-refractivity contribution in [3.8, 4) is 0 Å². The molecule has 0 spiro atoms. The first-order valence-corrected chi connectivity index (χ1v) is 11.0. The molecule has 2 aromatic carbocycles. The van der Waals surface area contributed by atoms with E-state index in [0.717, 1.165) is 42.5 Å². The molecular formula is C24H27N5O3. The lowest BCUT2D eigenvalue weighted by molar-refractivity contribution is -0.121. The van der Waals surface area contributed by atoms with Crippen molar-refractivity contribution >= 4 is 34.4 Å². The summed E-state index contributed by atoms with van der Waals surface area (Å²) in [5.41, 5.74) is 2.95. The topological polar surface area (TPSA) is 116 Å². The minimum Gasteiger partial charge on any atom is -0.356 e. The quantitative estimate of drug-likeness (QED) is 0.388. The van der Waals surface area contributed by atoms with Gasteiger partial charge in [-0.15, -0.1) is 0 Å². The van der Waals surface area contributed by atoms with Crippen LogP contribution in [0.1, 0.15) is 48.3 Å². The van der Waals surface area contributed by atoms with Gasteiger partial charge in [0.05, 0.1) is 22.3 Å². The highest BCUT2D eigenvalue weighted by molar-refractivity contribution is 6.09. The third kappa shape index (κ3) is 5.32. The number of rotatable bonds is 9. The van der Waals surface area contributed by atoms with E-state index in [1.807, 2.05) is 24.3 Å². The minimum atomic E-state index is -0.732. The van der Waals surface area contributed by atoms with Gasteiger partial charge < -0.3 is 20.9 Å². The van der Waals surface area contributed by atoms with Gasteiger partial charge in [0.25, 0.3) is 5.91 Å². The Kier molecular flexibility index (Phi) is 6.79. The highest BCUT2D eigenvalue weighted by Crippen LogP contribution is 2.19. The standard InChI is InChI=1S/C24H27N5O3/c30-22(14-13-20-24(32)28-17-9-4-3-8-16(17)23(31)29-20)25-15-7-1-2-12-21-26-18-10-5-6-11-19(18)27-21/h3-6,8-11,20H,1-2,7,12-15H2,(H,25,30)(H,26,27)(H,28,32)(H,29,31)/t20-/m1/s1. The predicted molar refractivity (Wildman–Crippen MR) is 122 cm³/mol. The Morgan fingerprint density at radius 2 is 1.81 bits per heavy atom. The number of carbonyl (C=O) groups excluding carboxylic acids is 3. The average molecular weight is 434 g/mol. The normalized spacial score (nSPS) is 15.6. The number of aromatic amines is 1. The van der Waals surface area contributed by atoms with Crippen molar-refractivity contribution in [1.29, 1.82) is 0 Å². The summed E-state index contributed by atoms with van der Waals surface area (Å²) in [5.74, 6) is 0.253. The average Bonchev–Trinajstić information content (AvgIpc) is 3.16. The Bertz CT molecular complexity index is 1090. The van der Waals surface area contributed by atoms with Crippen LogP contribution in [-0.2, 0) is 16.0 Å². The van der Waals surface area contributed by atoms with E-state index < -0.39 is 6.04 Å². The molecule has 3 amide bonds. The number of hydrogen-bond donors (Lipinski definition) is 4. The summed E-state index contributed by atoms with van der Waals surface area (Å²) in [6.45, 7) is 0.591. The lowest BCUT2D eigenvalue weighted by Gasteiger charge is -2.14. The Balaban J connectivity index is 1.13. The number of imidazole rings is 1. The van der Waals surface area contributed by atoms with Crippen LogP contribution in [0.4, 0.5) is 5.69 Å². The van der Waals surface area contributed by atoms with Crippen molar-refractivity contribution in [3.05, 3.63) is 59.9 Å². The minimum absolute atomic E-state index is 0.119. The van der Waals surface area contributed by atoms with Gasteiger partial charge in [-0.3, -0.25) is 14.4 Å². The molecule has 2 heterocycles. The first kappa shape index (κ1) is 21.5. The third-order valence-electron chi connectivity index (χ3n) is 5.56. The van der Waals surface area contributed by atoms with E-state index in [4.69, 9.17) is 0 Å². The first-order chi connectivity index (χ1) is 15.6. The fraction of sp³-hybridized carbons (Fsp3) is 0.333. The van der Waals surface area contributed by atoms with E-state index in [0.29, 0.717) is 17.8 Å². The van der Waals surface area contributed by atoms with Crippen LogP contribution in [0.15, 0.2) is 48.5 Å². The zero-order valence-corrected chi connectivity index (χ0v) is 17.8. The number of aryl methyl sites for hydroxylation is 1. The van der Waals surface area contributed by atoms with E-state index in [2.05, 4.69) is 25.9 Å². The molecule has 0 saturated heterocycles. The molecule has 3 aromatic rings. The molecule has 0 saturated carbocycles. The van der Waals surface area contributed by atoms with Crippen LogP contribution in [0.5, 0.6) is 0 Å². The summed E-state index contributed by atoms with van der Waals surface area (Å²) in [6.07, 6.45) is 4.15. The largest absolute Gasteiger partial charge is 0.356 e. The molecule has 1 aliphatic rings. The molecular weight excluding hydrogens is 406 g/mol. The lowest BCUT2D eigenvalue weighted by Crippen LogP contribution is -2.42. The number of fused-ring (bicyclic) bond motifs is 2. The number of carbonyl (C=O) groups is 3. The van der Waals surface area contributed by atoms with Gasteiger partial charge in [0.1, 0.15) is 11.9 Å². The van der Waals surface area contributed by atoms with Crippen LogP contribution in [0.2, 0.25) is 0 Å². The van der Waals surface area contributed by atoms with Gasteiger partial charge in [-0.1, -0.05) is 30.7 Å². The molecule has 0 bridgehead atoms.